The summed E-state index contributed by atoms with van der Waals surface area (Å²) >= 11 is 0. The van der Waals surface area contributed by atoms with Gasteiger partial charge >= 0.3 is 0 Å². The summed E-state index contributed by atoms with van der Waals surface area (Å²) in [5, 5.41) is 0. The Morgan fingerprint density at radius 2 is 2.25 bits per heavy atom. The molecule has 3 rings (SSSR count). The quantitative estimate of drug-likeness (QED) is 0.543. The molecule has 0 aromatic heterocycles. The van der Waals surface area contributed by atoms with Crippen LogP contribution in [0.15, 0.2) is 24.3 Å². The maximum atomic E-state index is 5.12. The topological polar surface area (TPSA) is 18.5 Å². The van der Waals surface area contributed by atoms with Crippen LogP contribution in [0.4, 0.5) is 0 Å². The van der Waals surface area contributed by atoms with Crippen molar-refractivity contribution in [3.8, 4) is 0 Å². The Morgan fingerprint density at radius 1 is 1.42 bits per heavy atom. The first-order valence-corrected chi connectivity index (χ1v) is 4.22. The molecule has 1 aromatic rings. The van der Waals surface area contributed by atoms with E-state index >= 15 is 0 Å². The van der Waals surface area contributed by atoms with Crippen molar-refractivity contribution in [2.45, 2.75) is 25.0 Å². The summed E-state index contributed by atoms with van der Waals surface area (Å²) in [7, 11) is 0. The maximum absolute atomic E-state index is 5.12. The van der Waals surface area contributed by atoms with Gasteiger partial charge in [-0.1, -0.05) is 24.3 Å². The Bertz CT molecular complexity index is 334. The molecular weight excluding hydrogens is 152 g/mol. The largest absolute Gasteiger partial charge is 0.226 e. The van der Waals surface area contributed by atoms with Gasteiger partial charge in [-0.25, -0.2) is 9.78 Å². The van der Waals surface area contributed by atoms with E-state index in [1.807, 2.05) is 6.07 Å². The maximum Gasteiger partial charge on any atom is 0.150 e. The van der Waals surface area contributed by atoms with Gasteiger partial charge in [0, 0.05) is 6.42 Å². The Hall–Kier alpha value is -0.860. The molecule has 0 radical (unpaired) electrons. The van der Waals surface area contributed by atoms with Crippen molar-refractivity contribution in [1.82, 2.24) is 0 Å². The van der Waals surface area contributed by atoms with Crippen molar-refractivity contribution in [1.29, 1.82) is 0 Å². The van der Waals surface area contributed by atoms with E-state index in [0.717, 1.165) is 6.42 Å². The van der Waals surface area contributed by atoms with Crippen LogP contribution in [0.1, 0.15) is 24.2 Å². The van der Waals surface area contributed by atoms with Crippen LogP contribution in [0.5, 0.6) is 0 Å². The van der Waals surface area contributed by atoms with Crippen LogP contribution in [-0.4, -0.2) is 5.60 Å². The van der Waals surface area contributed by atoms with E-state index in [-0.39, 0.29) is 11.7 Å². The van der Waals surface area contributed by atoms with E-state index in [4.69, 9.17) is 9.78 Å². The van der Waals surface area contributed by atoms with Crippen molar-refractivity contribution in [2.75, 3.05) is 0 Å². The Morgan fingerprint density at radius 3 is 3.00 bits per heavy atom. The molecule has 0 N–H and O–H groups in total. The molecule has 2 aliphatic rings. The number of benzene rings is 1. The van der Waals surface area contributed by atoms with Gasteiger partial charge in [0.1, 0.15) is 5.60 Å². The summed E-state index contributed by atoms with van der Waals surface area (Å²) in [6.07, 6.45) is 1.15. The van der Waals surface area contributed by atoms with Crippen LogP contribution < -0.4 is 0 Å². The van der Waals surface area contributed by atoms with Gasteiger partial charge in [0.25, 0.3) is 0 Å². The molecule has 2 nitrogen and oxygen atoms in total. The minimum Gasteiger partial charge on any atom is -0.226 e. The summed E-state index contributed by atoms with van der Waals surface area (Å²) < 4.78 is 0. The van der Waals surface area contributed by atoms with Crippen LogP contribution in [0.3, 0.4) is 0 Å². The fourth-order valence-corrected chi connectivity index (χ4v) is 2.09. The van der Waals surface area contributed by atoms with Crippen molar-refractivity contribution in [2.24, 2.45) is 0 Å². The normalized spacial score (nSPS) is 36.9. The number of rotatable bonds is 0. The predicted octanol–water partition coefficient (Wildman–Crippen LogP) is 2.00. The monoisotopic (exact) mass is 162 g/mol. The zero-order valence-electron chi connectivity index (χ0n) is 6.91. The molecule has 1 saturated heterocycles. The zero-order chi connectivity index (χ0) is 8.18. The first-order valence-electron chi connectivity index (χ1n) is 4.22. The van der Waals surface area contributed by atoms with E-state index in [9.17, 15) is 0 Å². The second-order valence-electron chi connectivity index (χ2n) is 3.75. The molecule has 0 bridgehead atoms. The fraction of sp³-hybridized carbons (Fsp3) is 0.400. The van der Waals surface area contributed by atoms with Crippen LogP contribution in [0, 0.1) is 0 Å². The van der Waals surface area contributed by atoms with Crippen molar-refractivity contribution >= 4 is 0 Å². The van der Waals surface area contributed by atoms with Crippen LogP contribution in [0.2, 0.25) is 0 Å². The molecular formula is C10H10O2. The molecule has 0 saturated carbocycles. The van der Waals surface area contributed by atoms with Gasteiger partial charge in [-0.2, -0.15) is 0 Å². The smallest absolute Gasteiger partial charge is 0.150 e. The second kappa shape index (κ2) is 1.90. The second-order valence-corrected chi connectivity index (χ2v) is 3.75. The van der Waals surface area contributed by atoms with Crippen LogP contribution >= 0.6 is 0 Å². The summed E-state index contributed by atoms with van der Waals surface area (Å²) in [4.78, 5) is 10.2. The van der Waals surface area contributed by atoms with Crippen LogP contribution in [-0.2, 0) is 16.2 Å². The molecule has 0 spiro atoms. The summed E-state index contributed by atoms with van der Waals surface area (Å²) in [6, 6.07) is 8.37. The lowest BCUT2D eigenvalue weighted by atomic mass is 9.99. The Kier molecular flexibility index (Phi) is 1.05. The first kappa shape index (κ1) is 6.63. The molecule has 12 heavy (non-hydrogen) atoms. The SMILES string of the molecule is C[C@@]12Cc3ccccc3[C@@H]1OO2. The lowest BCUT2D eigenvalue weighted by Gasteiger charge is -2.39. The highest BCUT2D eigenvalue weighted by atomic mass is 17.3. The highest BCUT2D eigenvalue weighted by Crippen LogP contribution is 2.50. The third-order valence-corrected chi connectivity index (χ3v) is 2.77. The minimum absolute atomic E-state index is 0.0797. The predicted molar refractivity (Wildman–Crippen MR) is 43.5 cm³/mol. The standard InChI is InChI=1S/C10H10O2/c1-10-6-7-4-2-3-5-8(7)9(10)11-12-10/h2-5,9H,6H2,1H3/t9-,10+/m0/s1. The van der Waals surface area contributed by atoms with Gasteiger partial charge < -0.3 is 0 Å². The van der Waals surface area contributed by atoms with Gasteiger partial charge in [0.05, 0.1) is 0 Å². The molecule has 2 heteroatoms. The van der Waals surface area contributed by atoms with Crippen molar-refractivity contribution < 1.29 is 9.78 Å². The molecule has 0 unspecified atom stereocenters. The third kappa shape index (κ3) is 0.625. The van der Waals surface area contributed by atoms with Gasteiger partial charge in [-0.15, -0.1) is 0 Å². The molecule has 1 aliphatic heterocycles. The number of hydrogen-bond donors (Lipinski definition) is 0. The van der Waals surface area contributed by atoms with E-state index in [1.54, 1.807) is 0 Å². The highest BCUT2D eigenvalue weighted by molar-refractivity contribution is 5.38. The van der Waals surface area contributed by atoms with E-state index in [1.165, 1.54) is 11.1 Å². The molecule has 1 heterocycles. The molecule has 1 aromatic carbocycles. The van der Waals surface area contributed by atoms with E-state index < -0.39 is 0 Å². The first-order chi connectivity index (χ1) is 5.80. The van der Waals surface area contributed by atoms with Crippen molar-refractivity contribution in [3.63, 3.8) is 0 Å². The summed E-state index contributed by atoms with van der Waals surface area (Å²) in [5.41, 5.74) is 2.58. The number of fused-ring (bicyclic) bond motifs is 3. The Balaban J connectivity index is 2.14. The molecule has 1 aliphatic carbocycles. The summed E-state index contributed by atoms with van der Waals surface area (Å²) in [5.74, 6) is 0. The van der Waals surface area contributed by atoms with Crippen molar-refractivity contribution in [3.05, 3.63) is 35.4 Å². The highest BCUT2D eigenvalue weighted by Gasteiger charge is 2.53. The van der Waals surface area contributed by atoms with Gasteiger partial charge in [0.15, 0.2) is 6.10 Å². The number of hydrogen-bond acceptors (Lipinski definition) is 2. The molecule has 0 amide bonds. The van der Waals surface area contributed by atoms with Crippen LogP contribution in [0.25, 0.3) is 0 Å². The molecule has 62 valence electrons. The van der Waals surface area contributed by atoms with E-state index in [2.05, 4.69) is 25.1 Å². The lowest BCUT2D eigenvalue weighted by molar-refractivity contribution is -0.505. The molecule has 2 atom stereocenters. The Labute approximate surface area is 71.0 Å². The molecule has 1 fully saturated rings. The summed E-state index contributed by atoms with van der Waals surface area (Å²) in [6.45, 7) is 2.10. The lowest BCUT2D eigenvalue weighted by Crippen LogP contribution is -2.44. The van der Waals surface area contributed by atoms with Gasteiger partial charge in [-0.05, 0) is 18.1 Å². The minimum atomic E-state index is -0.0797. The van der Waals surface area contributed by atoms with E-state index in [0.29, 0.717) is 0 Å². The van der Waals surface area contributed by atoms with Gasteiger partial charge in [0.2, 0.25) is 0 Å². The third-order valence-electron chi connectivity index (χ3n) is 2.77. The average molecular weight is 162 g/mol. The zero-order valence-corrected chi connectivity index (χ0v) is 6.91. The average Bonchev–Trinajstić information content (AvgIpc) is 2.23. The van der Waals surface area contributed by atoms with Gasteiger partial charge in [-0.3, -0.25) is 0 Å². The fourth-order valence-electron chi connectivity index (χ4n) is 2.09.